The lowest BCUT2D eigenvalue weighted by Crippen LogP contribution is -2.47. The van der Waals surface area contributed by atoms with Crippen LogP contribution in [0.25, 0.3) is 28.4 Å². The third-order valence-corrected chi connectivity index (χ3v) is 18.4. The van der Waals surface area contributed by atoms with E-state index in [1.54, 1.807) is 58.8 Å². The number of para-hydroxylation sites is 1. The van der Waals surface area contributed by atoms with Crippen LogP contribution in [0.1, 0.15) is 130 Å². The maximum atomic E-state index is 14.4. The first-order valence-corrected chi connectivity index (χ1v) is 34.8. The molecule has 0 bridgehead atoms. The maximum Gasteiger partial charge on any atom is 0.510 e. The number of pyridine rings is 2. The van der Waals surface area contributed by atoms with E-state index < -0.39 is 55.0 Å². The van der Waals surface area contributed by atoms with Gasteiger partial charge in [-0.3, -0.25) is 24.0 Å². The molecule has 28 heteroatoms. The number of aromatic nitrogens is 7. The number of unbranched alkanes of at least 4 members (excludes halogenated alkanes) is 2. The molecule has 498 valence electrons. The molecule has 0 aliphatic carbocycles. The molecular formula is C65H80N10O16S2. The van der Waals surface area contributed by atoms with Crippen LogP contribution in [-0.2, 0) is 112 Å². The highest BCUT2D eigenvalue weighted by atomic mass is 32.2. The van der Waals surface area contributed by atoms with Crippen molar-refractivity contribution in [2.45, 2.75) is 147 Å². The van der Waals surface area contributed by atoms with Crippen molar-refractivity contribution >= 4 is 77.9 Å². The Hall–Kier alpha value is -8.28. The van der Waals surface area contributed by atoms with E-state index in [9.17, 15) is 50.4 Å². The number of sulfone groups is 1. The highest BCUT2D eigenvalue weighted by Gasteiger charge is 2.51. The number of Topliss-reactive ketones (excluding diaryl/α,β-unsaturated/α-hetero) is 3. The van der Waals surface area contributed by atoms with Crippen LogP contribution in [0.2, 0.25) is 0 Å². The zero-order chi connectivity index (χ0) is 66.9. The van der Waals surface area contributed by atoms with E-state index in [-0.39, 0.29) is 98.5 Å². The summed E-state index contributed by atoms with van der Waals surface area (Å²) in [6, 6.07) is 15.2. The summed E-state index contributed by atoms with van der Waals surface area (Å²) in [4.78, 5) is 106. The van der Waals surface area contributed by atoms with Crippen molar-refractivity contribution in [1.82, 2.24) is 38.8 Å². The van der Waals surface area contributed by atoms with Crippen LogP contribution in [0.15, 0.2) is 89.2 Å². The number of benzene rings is 2. The zero-order valence-electron chi connectivity index (χ0n) is 53.0. The Kier molecular flexibility index (Phi) is 24.7. The van der Waals surface area contributed by atoms with Gasteiger partial charge in [-0.15, -0.1) is 5.10 Å². The molecule has 0 fully saturated rings. The molecule has 0 spiro atoms. The minimum Gasteiger partial charge on any atom is -0.457 e. The van der Waals surface area contributed by atoms with E-state index in [4.69, 9.17) is 34.4 Å². The molecule has 0 saturated heterocycles. The number of ether oxygens (including phenoxy) is 5. The van der Waals surface area contributed by atoms with Crippen LogP contribution in [0.4, 0.5) is 10.5 Å². The Labute approximate surface area is 539 Å². The standard InChI is InChI=1S/C65H80N10O16S2/c1-6-65(56-34-58-59-54(38-74(58)61(80)55(56)42-89-62(65)81)52(53-19-10-11-20-57(53)70-59)27-29-75(43(2)3)93(5,85)86)91-64(82)90-39-44-21-23-47(24-22-44)69-60(79)46(16-12-13-28-66)33-51(78)41-88-40-50(77)18-14-31-87-32-30-73-37-48(71-72-73)25-26-49(76)17-9-7-8-15-45-35-67-63(68-36-45)92(4,83)84/h8,10-11,15,19-24,34-37,43,46H,6-7,9,12-14,16-18,25-33,38-42,66H2,1-5H3,(H,69,79)/b15-8+/t46-,65+/m1/s1. The first-order valence-electron chi connectivity index (χ1n) is 31.0. The molecule has 2 aliphatic rings. The quantitative estimate of drug-likeness (QED) is 0.0237. The van der Waals surface area contributed by atoms with Gasteiger partial charge in [-0.1, -0.05) is 61.0 Å². The summed E-state index contributed by atoms with van der Waals surface area (Å²) >= 11 is 0. The number of cyclic esters (lactones) is 1. The van der Waals surface area contributed by atoms with Gasteiger partial charge in [0.15, 0.2) is 11.6 Å². The predicted octanol–water partition coefficient (Wildman–Crippen LogP) is 6.55. The number of nitrogens with one attached hydrogen (secondary N) is 1. The summed E-state index contributed by atoms with van der Waals surface area (Å²) in [6.07, 6.45) is 14.1. The molecule has 0 radical (unpaired) electrons. The summed E-state index contributed by atoms with van der Waals surface area (Å²) < 4.78 is 81.2. The number of carbonyl (C=O) groups excluding carboxylic acids is 6. The van der Waals surface area contributed by atoms with Gasteiger partial charge >= 0.3 is 12.1 Å². The molecule has 4 aromatic heterocycles. The van der Waals surface area contributed by atoms with E-state index >= 15 is 0 Å². The highest BCUT2D eigenvalue weighted by Crippen LogP contribution is 2.42. The average Bonchev–Trinajstić information content (AvgIpc) is 1.65. The lowest BCUT2D eigenvalue weighted by molar-refractivity contribution is -0.175. The fourth-order valence-electron chi connectivity index (χ4n) is 11.2. The number of hydrogen-bond donors (Lipinski definition) is 2. The van der Waals surface area contributed by atoms with Crippen LogP contribution in [0, 0.1) is 5.92 Å². The van der Waals surface area contributed by atoms with Crippen LogP contribution in [-0.4, -0.2) is 149 Å². The summed E-state index contributed by atoms with van der Waals surface area (Å²) in [5.74, 6) is -2.47. The number of amides is 1. The summed E-state index contributed by atoms with van der Waals surface area (Å²) in [7, 11) is -7.01. The Bertz CT molecular complexity index is 4000. The number of nitrogens with two attached hydrogens (primary N) is 1. The topological polar surface area (TPSA) is 350 Å². The van der Waals surface area contributed by atoms with Gasteiger partial charge in [-0.2, -0.15) is 4.31 Å². The van der Waals surface area contributed by atoms with Crippen molar-refractivity contribution < 1.29 is 69.3 Å². The monoisotopic (exact) mass is 1320 g/mol. The summed E-state index contributed by atoms with van der Waals surface area (Å²) in [5.41, 5.74) is 8.83. The lowest BCUT2D eigenvalue weighted by atomic mass is 9.85. The van der Waals surface area contributed by atoms with Gasteiger partial charge in [0.25, 0.3) is 5.56 Å². The molecule has 2 atom stereocenters. The molecule has 93 heavy (non-hydrogen) atoms. The molecule has 0 unspecified atom stereocenters. The molecule has 6 heterocycles. The number of fused-ring (bicyclic) bond motifs is 5. The van der Waals surface area contributed by atoms with Gasteiger partial charge in [0, 0.05) is 103 Å². The third kappa shape index (κ3) is 19.0. The van der Waals surface area contributed by atoms with Crippen LogP contribution < -0.4 is 16.6 Å². The minimum atomic E-state index is -3.54. The molecule has 6 aromatic rings. The van der Waals surface area contributed by atoms with Crippen molar-refractivity contribution in [2.24, 2.45) is 11.7 Å². The minimum absolute atomic E-state index is 0.104. The predicted molar refractivity (Wildman–Crippen MR) is 342 cm³/mol. The van der Waals surface area contributed by atoms with Gasteiger partial charge in [0.1, 0.15) is 32.2 Å². The second-order valence-electron chi connectivity index (χ2n) is 23.4. The molecule has 2 aliphatic heterocycles. The largest absolute Gasteiger partial charge is 0.510 e. The number of esters is 1. The molecule has 0 saturated carbocycles. The molecule has 1 amide bonds. The lowest BCUT2D eigenvalue weighted by Gasteiger charge is -2.35. The van der Waals surface area contributed by atoms with Gasteiger partial charge in [0.2, 0.25) is 36.5 Å². The fourth-order valence-corrected chi connectivity index (χ4v) is 12.9. The Morgan fingerprint density at radius 2 is 1.61 bits per heavy atom. The smallest absolute Gasteiger partial charge is 0.457 e. The van der Waals surface area contributed by atoms with Crippen molar-refractivity contribution in [3.8, 4) is 11.4 Å². The number of hydrogen-bond acceptors (Lipinski definition) is 22. The van der Waals surface area contributed by atoms with Gasteiger partial charge < -0.3 is 39.3 Å². The molecule has 3 N–H and O–H groups in total. The molecule has 8 rings (SSSR count). The number of allylic oxidation sites excluding steroid dienone is 1. The Balaban J connectivity index is 0.746. The fraction of sp³-hybridized carbons (Fsp3) is 0.477. The summed E-state index contributed by atoms with van der Waals surface area (Å²) in [5, 5.41) is 11.7. The normalized spacial score (nSPS) is 14.9. The first kappa shape index (κ1) is 70.6. The van der Waals surface area contributed by atoms with E-state index in [1.807, 2.05) is 44.2 Å². The number of carbonyl (C=O) groups is 6. The van der Waals surface area contributed by atoms with Crippen molar-refractivity contribution in [3.05, 3.63) is 129 Å². The SMILES string of the molecule is CC[C@@]1(OC(=O)OCc2ccc(NC(=O)[C@H](CCCCN)CC(=O)COCC(=O)CCCOCCn3cc(CCC(=O)CCC/C=C/c4cnc(S(C)(=O)=O)nc4)nn3)cc2)C(=O)OCc2c1cc1n(c2=O)Cc2c-1nc1ccccc1c2CCN(C(C)C)S(C)(=O)=O. The zero-order valence-corrected chi connectivity index (χ0v) is 54.6. The van der Waals surface area contributed by atoms with E-state index in [0.717, 1.165) is 22.8 Å². The number of nitrogens with zero attached hydrogens (tertiary/aromatic N) is 8. The molecule has 2 aromatic carbocycles. The van der Waals surface area contributed by atoms with E-state index in [0.29, 0.717) is 130 Å². The highest BCUT2D eigenvalue weighted by molar-refractivity contribution is 7.90. The second-order valence-corrected chi connectivity index (χ2v) is 27.2. The number of anilines is 1. The average molecular weight is 1320 g/mol. The van der Waals surface area contributed by atoms with Gasteiger partial charge in [0.05, 0.1) is 54.1 Å². The number of rotatable bonds is 37. The maximum absolute atomic E-state index is 14.4. The Morgan fingerprint density at radius 3 is 2.33 bits per heavy atom. The number of aryl methyl sites for hydroxylation is 1. The van der Waals surface area contributed by atoms with Crippen LogP contribution in [0.3, 0.4) is 0 Å². The summed E-state index contributed by atoms with van der Waals surface area (Å²) in [6.45, 7) is 5.72. The first-order chi connectivity index (χ1) is 44.5. The number of sulfonamides is 1. The van der Waals surface area contributed by atoms with Crippen molar-refractivity contribution in [2.75, 3.05) is 57.3 Å². The van der Waals surface area contributed by atoms with Gasteiger partial charge in [-0.05, 0) is 107 Å². The van der Waals surface area contributed by atoms with E-state index in [1.165, 1.54) is 23.0 Å². The number of ketones is 3. The second kappa shape index (κ2) is 32.5. The van der Waals surface area contributed by atoms with Gasteiger partial charge in [-0.25, -0.2) is 46.1 Å². The van der Waals surface area contributed by atoms with Crippen LogP contribution >= 0.6 is 0 Å². The van der Waals surface area contributed by atoms with Crippen molar-refractivity contribution in [1.29, 1.82) is 0 Å². The van der Waals surface area contributed by atoms with Crippen molar-refractivity contribution in [3.63, 3.8) is 0 Å². The van der Waals surface area contributed by atoms with E-state index in [2.05, 4.69) is 25.6 Å². The Morgan fingerprint density at radius 1 is 0.871 bits per heavy atom. The molecular weight excluding hydrogens is 1240 g/mol. The van der Waals surface area contributed by atoms with Crippen LogP contribution in [0.5, 0.6) is 0 Å². The molecule has 26 nitrogen and oxygen atoms in total. The third-order valence-electron chi connectivity index (χ3n) is 16.1.